The average molecular weight is 381 g/mol. The zero-order valence-corrected chi connectivity index (χ0v) is 14.2. The quantitative estimate of drug-likeness (QED) is 0.849. The molecule has 0 fully saturated rings. The van der Waals surface area contributed by atoms with E-state index in [1.165, 1.54) is 0 Å². The van der Waals surface area contributed by atoms with E-state index in [-0.39, 0.29) is 0 Å². The molecule has 122 valence electrons. The van der Waals surface area contributed by atoms with Gasteiger partial charge in [-0.05, 0) is 35.0 Å². The minimum absolute atomic E-state index is 0.360. The Morgan fingerprint density at radius 2 is 2.22 bits per heavy atom. The number of nitrogens with zero attached hydrogens (tertiary/aromatic N) is 4. The van der Waals surface area contributed by atoms with E-state index in [1.807, 2.05) is 40.7 Å². The van der Waals surface area contributed by atoms with Crippen LogP contribution in [-0.4, -0.2) is 49.9 Å². The number of ether oxygens (including phenoxy) is 1. The minimum Gasteiger partial charge on any atom is -0.491 e. The second kappa shape index (κ2) is 6.67. The van der Waals surface area contributed by atoms with E-state index in [1.54, 1.807) is 0 Å². The van der Waals surface area contributed by atoms with E-state index >= 15 is 0 Å². The molecule has 1 N–H and O–H groups in total. The number of carbonyl (C=O) groups is 1. The first kappa shape index (κ1) is 15.9. The molecule has 2 heterocycles. The molecule has 1 aliphatic heterocycles. The van der Waals surface area contributed by atoms with E-state index in [0.717, 1.165) is 21.9 Å². The number of carboxylic acids is 1. The molecule has 0 bridgehead atoms. The standard InChI is InChI=1S/C15H17BrN4O3/c1-10-17-18-14-9-19(12(15(21)22)8-20(10)14)6-7-23-13-5-3-2-4-11(13)16/h2-5,12H,6-9H2,1H3,(H,21,22). The number of hydrogen-bond donors (Lipinski definition) is 1. The summed E-state index contributed by atoms with van der Waals surface area (Å²) >= 11 is 3.43. The SMILES string of the molecule is Cc1nnc2n1CC(C(=O)O)N(CCOc1ccccc1Br)C2. The maximum absolute atomic E-state index is 11.6. The summed E-state index contributed by atoms with van der Waals surface area (Å²) in [6.07, 6.45) is 0. The highest BCUT2D eigenvalue weighted by Crippen LogP contribution is 2.24. The van der Waals surface area contributed by atoms with E-state index in [2.05, 4.69) is 26.1 Å². The summed E-state index contributed by atoms with van der Waals surface area (Å²) in [5, 5.41) is 17.6. The van der Waals surface area contributed by atoms with Gasteiger partial charge in [-0.15, -0.1) is 10.2 Å². The molecule has 1 aromatic carbocycles. The van der Waals surface area contributed by atoms with Crippen LogP contribution in [0.4, 0.5) is 0 Å². The molecule has 0 saturated carbocycles. The van der Waals surface area contributed by atoms with E-state index < -0.39 is 12.0 Å². The third-order valence-electron chi connectivity index (χ3n) is 3.91. The summed E-state index contributed by atoms with van der Waals surface area (Å²) in [6.45, 7) is 3.56. The molecule has 2 aromatic rings. The van der Waals surface area contributed by atoms with Crippen LogP contribution in [0.5, 0.6) is 5.75 Å². The molecule has 7 nitrogen and oxygen atoms in total. The van der Waals surface area contributed by atoms with Crippen LogP contribution in [0.2, 0.25) is 0 Å². The maximum Gasteiger partial charge on any atom is 0.322 e. The van der Waals surface area contributed by atoms with Crippen LogP contribution in [0.25, 0.3) is 0 Å². The number of fused-ring (bicyclic) bond motifs is 1. The van der Waals surface area contributed by atoms with E-state index in [4.69, 9.17) is 4.74 Å². The normalized spacial score (nSPS) is 17.7. The maximum atomic E-state index is 11.6. The predicted molar refractivity (Wildman–Crippen MR) is 86.2 cm³/mol. The van der Waals surface area contributed by atoms with Crippen LogP contribution in [0, 0.1) is 6.92 Å². The Bertz CT molecular complexity index is 718. The van der Waals surface area contributed by atoms with Crippen LogP contribution >= 0.6 is 15.9 Å². The summed E-state index contributed by atoms with van der Waals surface area (Å²) in [6, 6.07) is 6.99. The largest absolute Gasteiger partial charge is 0.491 e. The number of benzene rings is 1. The number of hydrogen-bond acceptors (Lipinski definition) is 5. The van der Waals surface area contributed by atoms with Gasteiger partial charge in [0.25, 0.3) is 0 Å². The second-order valence-electron chi connectivity index (χ2n) is 5.38. The second-order valence-corrected chi connectivity index (χ2v) is 6.23. The molecule has 1 unspecified atom stereocenters. The molecule has 0 radical (unpaired) electrons. The van der Waals surface area contributed by atoms with Gasteiger partial charge in [0.05, 0.1) is 17.6 Å². The van der Waals surface area contributed by atoms with Gasteiger partial charge < -0.3 is 14.4 Å². The topological polar surface area (TPSA) is 80.5 Å². The van der Waals surface area contributed by atoms with Crippen molar-refractivity contribution in [2.75, 3.05) is 13.2 Å². The van der Waals surface area contributed by atoms with Crippen molar-refractivity contribution in [3.05, 3.63) is 40.4 Å². The summed E-state index contributed by atoms with van der Waals surface area (Å²) in [5.74, 6) is 1.44. The molecule has 0 spiro atoms. The predicted octanol–water partition coefficient (Wildman–Crippen LogP) is 1.70. The molecular weight excluding hydrogens is 364 g/mol. The molecule has 0 amide bonds. The summed E-state index contributed by atoms with van der Waals surface area (Å²) in [5.41, 5.74) is 0. The highest BCUT2D eigenvalue weighted by molar-refractivity contribution is 9.10. The molecule has 3 rings (SSSR count). The summed E-state index contributed by atoms with van der Waals surface area (Å²) in [4.78, 5) is 13.4. The van der Waals surface area contributed by atoms with Crippen LogP contribution in [0.1, 0.15) is 11.6 Å². The zero-order chi connectivity index (χ0) is 16.4. The van der Waals surface area contributed by atoms with Gasteiger partial charge in [-0.1, -0.05) is 12.1 Å². The van der Waals surface area contributed by atoms with Gasteiger partial charge in [-0.3, -0.25) is 9.69 Å². The summed E-state index contributed by atoms with van der Waals surface area (Å²) < 4.78 is 8.48. The lowest BCUT2D eigenvalue weighted by Crippen LogP contribution is -2.49. The van der Waals surface area contributed by atoms with Crippen LogP contribution < -0.4 is 4.74 Å². The van der Waals surface area contributed by atoms with Gasteiger partial charge in [-0.25, -0.2) is 0 Å². The lowest BCUT2D eigenvalue weighted by atomic mass is 10.2. The first-order chi connectivity index (χ1) is 11.1. The number of halogens is 1. The van der Waals surface area contributed by atoms with Crippen molar-refractivity contribution in [2.24, 2.45) is 0 Å². The first-order valence-corrected chi connectivity index (χ1v) is 8.08. The van der Waals surface area contributed by atoms with Crippen LogP contribution in [0.3, 0.4) is 0 Å². The zero-order valence-electron chi connectivity index (χ0n) is 12.6. The Kier molecular flexibility index (Phi) is 4.63. The number of rotatable bonds is 5. The van der Waals surface area contributed by atoms with Crippen molar-refractivity contribution in [3.63, 3.8) is 0 Å². The Labute approximate surface area is 142 Å². The Morgan fingerprint density at radius 3 is 2.96 bits per heavy atom. The van der Waals surface area contributed by atoms with Crippen molar-refractivity contribution in [3.8, 4) is 5.75 Å². The number of aromatic nitrogens is 3. The highest BCUT2D eigenvalue weighted by atomic mass is 79.9. The molecule has 0 aliphatic carbocycles. The van der Waals surface area contributed by atoms with Gasteiger partial charge in [0.15, 0.2) is 0 Å². The van der Waals surface area contributed by atoms with Gasteiger partial charge in [-0.2, -0.15) is 0 Å². The lowest BCUT2D eigenvalue weighted by Gasteiger charge is -2.33. The number of carboxylic acid groups (broad SMARTS) is 1. The van der Waals surface area contributed by atoms with Gasteiger partial charge in [0.1, 0.15) is 30.0 Å². The number of para-hydroxylation sites is 1. The highest BCUT2D eigenvalue weighted by Gasteiger charge is 2.33. The summed E-state index contributed by atoms with van der Waals surface area (Å²) in [7, 11) is 0. The average Bonchev–Trinajstić information content (AvgIpc) is 2.89. The first-order valence-electron chi connectivity index (χ1n) is 7.29. The van der Waals surface area contributed by atoms with Crippen LogP contribution in [-0.2, 0) is 17.9 Å². The number of aliphatic carboxylic acids is 1. The fraction of sp³-hybridized carbons (Fsp3) is 0.400. The van der Waals surface area contributed by atoms with Crippen molar-refractivity contribution < 1.29 is 14.6 Å². The van der Waals surface area contributed by atoms with Gasteiger partial charge in [0, 0.05) is 6.54 Å². The molecular formula is C15H17BrN4O3. The van der Waals surface area contributed by atoms with Crippen molar-refractivity contribution >= 4 is 21.9 Å². The minimum atomic E-state index is -0.843. The van der Waals surface area contributed by atoms with Gasteiger partial charge in [0.2, 0.25) is 0 Å². The van der Waals surface area contributed by atoms with E-state index in [9.17, 15) is 9.90 Å². The van der Waals surface area contributed by atoms with Gasteiger partial charge >= 0.3 is 5.97 Å². The molecule has 0 saturated heterocycles. The Hall–Kier alpha value is -1.93. The third kappa shape index (κ3) is 3.37. The smallest absolute Gasteiger partial charge is 0.322 e. The van der Waals surface area contributed by atoms with E-state index in [0.29, 0.717) is 26.2 Å². The number of aryl methyl sites for hydroxylation is 1. The Morgan fingerprint density at radius 1 is 1.43 bits per heavy atom. The monoisotopic (exact) mass is 380 g/mol. The Balaban J connectivity index is 1.66. The fourth-order valence-corrected chi connectivity index (χ4v) is 3.06. The van der Waals surface area contributed by atoms with Crippen molar-refractivity contribution in [2.45, 2.75) is 26.1 Å². The lowest BCUT2D eigenvalue weighted by molar-refractivity contribution is -0.145. The molecule has 1 atom stereocenters. The van der Waals surface area contributed by atoms with Crippen molar-refractivity contribution in [1.82, 2.24) is 19.7 Å². The van der Waals surface area contributed by atoms with Crippen molar-refractivity contribution in [1.29, 1.82) is 0 Å². The molecule has 23 heavy (non-hydrogen) atoms. The molecule has 1 aliphatic rings. The third-order valence-corrected chi connectivity index (χ3v) is 4.57. The fourth-order valence-electron chi connectivity index (χ4n) is 2.66. The molecule has 1 aromatic heterocycles. The molecule has 8 heteroatoms. The van der Waals surface area contributed by atoms with Crippen LogP contribution in [0.15, 0.2) is 28.7 Å².